The molecule has 0 bridgehead atoms. The van der Waals surface area contributed by atoms with Crippen LogP contribution < -0.4 is 4.43 Å². The Morgan fingerprint density at radius 1 is 1.00 bits per heavy atom. The minimum atomic E-state index is -1.92. The van der Waals surface area contributed by atoms with Crippen molar-refractivity contribution in [1.82, 2.24) is 0 Å². The van der Waals surface area contributed by atoms with Gasteiger partial charge in [-0.3, -0.25) is 0 Å². The molecule has 2 rings (SSSR count). The lowest BCUT2D eigenvalue weighted by atomic mass is 10.0. The fourth-order valence-corrected chi connectivity index (χ4v) is 5.46. The quantitative estimate of drug-likeness (QED) is 0.711. The Morgan fingerprint density at radius 2 is 1.56 bits per heavy atom. The predicted molar refractivity (Wildman–Crippen MR) is 71.3 cm³/mol. The molecule has 1 aromatic carbocycles. The van der Waals surface area contributed by atoms with Gasteiger partial charge in [0.1, 0.15) is 17.4 Å². The molecule has 100 valence electrons. The van der Waals surface area contributed by atoms with E-state index in [1.165, 1.54) is 44.2 Å². The van der Waals surface area contributed by atoms with Gasteiger partial charge in [0.2, 0.25) is 8.32 Å². The van der Waals surface area contributed by atoms with E-state index in [0.717, 1.165) is 6.07 Å². The Hall–Kier alpha value is -0.903. The van der Waals surface area contributed by atoms with Crippen molar-refractivity contribution in [2.45, 2.75) is 50.7 Å². The molecule has 4 heteroatoms. The van der Waals surface area contributed by atoms with E-state index >= 15 is 0 Å². The molecule has 0 atom stereocenters. The largest absolute Gasteiger partial charge is 0.544 e. The predicted octanol–water partition coefficient (Wildman–Crippen LogP) is 4.88. The number of rotatable bonds is 3. The summed E-state index contributed by atoms with van der Waals surface area (Å²) >= 11 is 0. The molecule has 0 saturated heterocycles. The Bertz CT molecular complexity index is 394. The average Bonchev–Trinajstić information content (AvgIpc) is 2.28. The van der Waals surface area contributed by atoms with Gasteiger partial charge >= 0.3 is 0 Å². The maximum Gasteiger partial charge on any atom is 0.248 e. The number of hydrogen-bond acceptors (Lipinski definition) is 1. The summed E-state index contributed by atoms with van der Waals surface area (Å²) in [6.07, 6.45) is 6.19. The molecule has 1 aromatic rings. The molecular formula is C14H20F2OSi. The highest BCUT2D eigenvalue weighted by molar-refractivity contribution is 6.73. The topological polar surface area (TPSA) is 9.23 Å². The van der Waals surface area contributed by atoms with Gasteiger partial charge in [0.25, 0.3) is 0 Å². The van der Waals surface area contributed by atoms with Crippen LogP contribution in [0.5, 0.6) is 5.75 Å². The van der Waals surface area contributed by atoms with Crippen LogP contribution >= 0.6 is 0 Å². The molecule has 1 aliphatic rings. The van der Waals surface area contributed by atoms with E-state index in [1.807, 2.05) is 0 Å². The number of halogens is 2. The molecule has 0 radical (unpaired) electrons. The SMILES string of the molecule is C[Si](C)(Oc1cc(F)cc(F)c1)C1CCCCC1. The van der Waals surface area contributed by atoms with E-state index in [1.54, 1.807) is 0 Å². The molecule has 0 N–H and O–H groups in total. The van der Waals surface area contributed by atoms with Crippen molar-refractivity contribution >= 4 is 8.32 Å². The van der Waals surface area contributed by atoms with Crippen LogP contribution in [0, 0.1) is 11.6 Å². The highest BCUT2D eigenvalue weighted by Gasteiger charge is 2.36. The fourth-order valence-electron chi connectivity index (χ4n) is 2.77. The van der Waals surface area contributed by atoms with Crippen molar-refractivity contribution in [2.24, 2.45) is 0 Å². The summed E-state index contributed by atoms with van der Waals surface area (Å²) in [5.41, 5.74) is 0.595. The zero-order valence-electron chi connectivity index (χ0n) is 11.0. The van der Waals surface area contributed by atoms with Gasteiger partial charge in [0.15, 0.2) is 0 Å². The molecule has 18 heavy (non-hydrogen) atoms. The summed E-state index contributed by atoms with van der Waals surface area (Å²) in [6.45, 7) is 4.29. The monoisotopic (exact) mass is 270 g/mol. The minimum Gasteiger partial charge on any atom is -0.544 e. The van der Waals surface area contributed by atoms with E-state index in [9.17, 15) is 8.78 Å². The molecule has 0 heterocycles. The van der Waals surface area contributed by atoms with E-state index in [0.29, 0.717) is 11.3 Å². The first-order chi connectivity index (χ1) is 8.47. The second-order valence-corrected chi connectivity index (χ2v) is 9.87. The lowest BCUT2D eigenvalue weighted by Gasteiger charge is -2.35. The van der Waals surface area contributed by atoms with E-state index in [-0.39, 0.29) is 0 Å². The lowest BCUT2D eigenvalue weighted by molar-refractivity contribution is 0.436. The van der Waals surface area contributed by atoms with Crippen molar-refractivity contribution in [3.8, 4) is 5.75 Å². The van der Waals surface area contributed by atoms with E-state index < -0.39 is 20.0 Å². The van der Waals surface area contributed by atoms with Crippen LogP contribution in [0.1, 0.15) is 32.1 Å². The molecule has 0 aliphatic heterocycles. The van der Waals surface area contributed by atoms with Gasteiger partial charge in [-0.05, 0) is 31.5 Å². The second-order valence-electron chi connectivity index (χ2n) is 5.65. The molecule has 0 spiro atoms. The molecule has 1 nitrogen and oxygen atoms in total. The van der Waals surface area contributed by atoms with Crippen LogP contribution in [0.4, 0.5) is 8.78 Å². The molecule has 0 aromatic heterocycles. The van der Waals surface area contributed by atoms with Gasteiger partial charge in [-0.1, -0.05) is 19.3 Å². The summed E-state index contributed by atoms with van der Waals surface area (Å²) in [4.78, 5) is 0. The molecule has 0 unspecified atom stereocenters. The zero-order chi connectivity index (χ0) is 13.2. The Morgan fingerprint density at radius 3 is 2.11 bits per heavy atom. The van der Waals surface area contributed by atoms with Gasteiger partial charge in [0, 0.05) is 18.2 Å². The fraction of sp³-hybridized carbons (Fsp3) is 0.571. The van der Waals surface area contributed by atoms with Crippen molar-refractivity contribution in [3.63, 3.8) is 0 Å². The van der Waals surface area contributed by atoms with Gasteiger partial charge in [-0.25, -0.2) is 8.78 Å². The maximum absolute atomic E-state index is 13.1. The Balaban J connectivity index is 2.10. The van der Waals surface area contributed by atoms with Crippen LogP contribution in [0.25, 0.3) is 0 Å². The number of benzene rings is 1. The third kappa shape index (κ3) is 3.31. The average molecular weight is 270 g/mol. The third-order valence-corrected chi connectivity index (χ3v) is 7.11. The first-order valence-corrected chi connectivity index (χ1v) is 9.61. The van der Waals surface area contributed by atoms with Gasteiger partial charge in [-0.2, -0.15) is 0 Å². The minimum absolute atomic E-state index is 0.342. The van der Waals surface area contributed by atoms with Gasteiger partial charge in [-0.15, -0.1) is 0 Å². The highest BCUT2D eigenvalue weighted by Crippen LogP contribution is 2.38. The summed E-state index contributed by atoms with van der Waals surface area (Å²) in [5, 5.41) is 0. The van der Waals surface area contributed by atoms with Crippen molar-refractivity contribution in [1.29, 1.82) is 0 Å². The molecular weight excluding hydrogens is 250 g/mol. The van der Waals surface area contributed by atoms with Crippen LogP contribution in [-0.2, 0) is 0 Å². The van der Waals surface area contributed by atoms with Crippen LogP contribution in [0.2, 0.25) is 18.6 Å². The first-order valence-electron chi connectivity index (χ1n) is 6.62. The lowest BCUT2D eigenvalue weighted by Crippen LogP contribution is -2.40. The summed E-state index contributed by atoms with van der Waals surface area (Å²) in [5.74, 6) is -0.799. The zero-order valence-corrected chi connectivity index (χ0v) is 12.0. The van der Waals surface area contributed by atoms with Crippen molar-refractivity contribution in [3.05, 3.63) is 29.8 Å². The Kier molecular flexibility index (Phi) is 4.05. The van der Waals surface area contributed by atoms with E-state index in [4.69, 9.17) is 4.43 Å². The van der Waals surface area contributed by atoms with Gasteiger partial charge < -0.3 is 4.43 Å². The van der Waals surface area contributed by atoms with Crippen molar-refractivity contribution < 1.29 is 13.2 Å². The number of hydrogen-bond donors (Lipinski definition) is 0. The maximum atomic E-state index is 13.1. The summed E-state index contributed by atoms with van der Waals surface area (Å²) in [7, 11) is -1.92. The second kappa shape index (κ2) is 5.39. The molecule has 1 fully saturated rings. The molecule has 0 amide bonds. The van der Waals surface area contributed by atoms with Crippen LogP contribution in [0.3, 0.4) is 0 Å². The highest BCUT2D eigenvalue weighted by atomic mass is 28.4. The van der Waals surface area contributed by atoms with Crippen molar-refractivity contribution in [2.75, 3.05) is 0 Å². The molecule has 1 saturated carbocycles. The third-order valence-electron chi connectivity index (χ3n) is 3.81. The van der Waals surface area contributed by atoms with E-state index in [2.05, 4.69) is 13.1 Å². The normalized spacial score (nSPS) is 17.8. The smallest absolute Gasteiger partial charge is 0.248 e. The van der Waals surface area contributed by atoms with Crippen LogP contribution in [0.15, 0.2) is 18.2 Å². The summed E-state index contributed by atoms with van der Waals surface area (Å²) < 4.78 is 32.2. The standard InChI is InChI=1S/C14H20F2OSi/c1-18(2,14-6-4-3-5-7-14)17-13-9-11(15)8-12(16)10-13/h8-10,14H,3-7H2,1-2H3. The Labute approximate surface area is 108 Å². The molecule has 1 aliphatic carbocycles. The first kappa shape index (κ1) is 13.5. The van der Waals surface area contributed by atoms with Crippen LogP contribution in [-0.4, -0.2) is 8.32 Å². The van der Waals surface area contributed by atoms with Gasteiger partial charge in [0.05, 0.1) is 0 Å². The summed E-state index contributed by atoms with van der Waals surface area (Å²) in [6, 6.07) is 3.43.